The van der Waals surface area contributed by atoms with E-state index in [2.05, 4.69) is 20.5 Å². The molecule has 1 aliphatic rings. The maximum Gasteiger partial charge on any atom is 0.317 e. The Bertz CT molecular complexity index is 1300. The second-order valence-electron chi connectivity index (χ2n) is 7.18. The van der Waals surface area contributed by atoms with Crippen LogP contribution in [0.1, 0.15) is 16.7 Å². The molecule has 0 aliphatic carbocycles. The van der Waals surface area contributed by atoms with Crippen LogP contribution in [-0.4, -0.2) is 40.0 Å². The molecule has 4 aromatic rings. The summed E-state index contributed by atoms with van der Waals surface area (Å²) < 4.78 is 10.9. The van der Waals surface area contributed by atoms with Gasteiger partial charge >= 0.3 is 6.01 Å². The summed E-state index contributed by atoms with van der Waals surface area (Å²) in [6, 6.07) is 21.1. The molecule has 1 unspecified atom stereocenters. The van der Waals surface area contributed by atoms with Crippen molar-refractivity contribution in [3.05, 3.63) is 89.6 Å². The molecule has 5 rings (SSSR count). The standard InChI is InChI=1S/C24H19N5O3/c1-31-17-11-12-25-19(14-17)23-28-29-24(32-23)27-22-20(30)13-16-9-5-6-10-18(16)21(26-22)15-7-3-2-4-8-15/h2-12,14,22H,13H2,1H3,(H,27,29). The van der Waals surface area contributed by atoms with Gasteiger partial charge in [0.05, 0.1) is 12.8 Å². The highest BCUT2D eigenvalue weighted by molar-refractivity contribution is 6.16. The zero-order chi connectivity index (χ0) is 21.9. The van der Waals surface area contributed by atoms with E-state index in [0.717, 1.165) is 22.4 Å². The molecular weight excluding hydrogens is 406 g/mol. The first-order valence-corrected chi connectivity index (χ1v) is 10.1. The van der Waals surface area contributed by atoms with Crippen molar-refractivity contribution in [3.8, 4) is 17.3 Å². The number of anilines is 1. The minimum atomic E-state index is -0.871. The van der Waals surface area contributed by atoms with Gasteiger partial charge in [-0.05, 0) is 11.6 Å². The topological polar surface area (TPSA) is 103 Å². The number of Topliss-reactive ketones (excluding diaryl/α,β-unsaturated/α-hetero) is 1. The SMILES string of the molecule is COc1ccnc(-c2nnc(NC3N=C(c4ccccc4)c4ccccc4CC3=O)o2)c1. The second-order valence-corrected chi connectivity index (χ2v) is 7.18. The van der Waals surface area contributed by atoms with Crippen LogP contribution in [0.2, 0.25) is 0 Å². The fourth-order valence-electron chi connectivity index (χ4n) is 3.56. The van der Waals surface area contributed by atoms with E-state index >= 15 is 0 Å². The number of nitrogens with zero attached hydrogens (tertiary/aromatic N) is 4. The molecule has 8 nitrogen and oxygen atoms in total. The largest absolute Gasteiger partial charge is 0.497 e. The molecule has 2 aromatic carbocycles. The Kier molecular flexibility index (Phi) is 5.17. The van der Waals surface area contributed by atoms with E-state index in [1.807, 2.05) is 54.6 Å². The number of hydrogen-bond acceptors (Lipinski definition) is 8. The summed E-state index contributed by atoms with van der Waals surface area (Å²) in [6.07, 6.45) is 0.962. The summed E-state index contributed by atoms with van der Waals surface area (Å²) in [5.74, 6) is 0.738. The van der Waals surface area contributed by atoms with Gasteiger partial charge in [-0.2, -0.15) is 0 Å². The van der Waals surface area contributed by atoms with Gasteiger partial charge in [0.1, 0.15) is 11.4 Å². The molecule has 2 aromatic heterocycles. The Morgan fingerprint density at radius 2 is 1.84 bits per heavy atom. The average molecular weight is 425 g/mol. The van der Waals surface area contributed by atoms with Crippen LogP contribution in [0.5, 0.6) is 5.75 Å². The summed E-state index contributed by atoms with van der Waals surface area (Å²) in [5, 5.41) is 11.0. The third-order valence-corrected chi connectivity index (χ3v) is 5.12. The fraction of sp³-hybridized carbons (Fsp3) is 0.125. The van der Waals surface area contributed by atoms with Crippen LogP contribution in [0, 0.1) is 0 Å². The van der Waals surface area contributed by atoms with Crippen LogP contribution in [0.3, 0.4) is 0 Å². The molecule has 0 radical (unpaired) electrons. The number of carbonyl (C=O) groups is 1. The molecular formula is C24H19N5O3. The maximum absolute atomic E-state index is 13.0. The number of rotatable bonds is 5. The summed E-state index contributed by atoms with van der Waals surface area (Å²) in [5.41, 5.74) is 3.99. The van der Waals surface area contributed by atoms with Crippen LogP contribution in [0.15, 0.2) is 82.3 Å². The van der Waals surface area contributed by atoms with E-state index in [0.29, 0.717) is 11.4 Å². The monoisotopic (exact) mass is 425 g/mol. The molecule has 32 heavy (non-hydrogen) atoms. The van der Waals surface area contributed by atoms with Crippen molar-refractivity contribution >= 4 is 17.5 Å². The first-order valence-electron chi connectivity index (χ1n) is 10.1. The van der Waals surface area contributed by atoms with E-state index in [1.165, 1.54) is 0 Å². The molecule has 0 amide bonds. The van der Waals surface area contributed by atoms with Gasteiger partial charge in [-0.25, -0.2) is 0 Å². The number of pyridine rings is 1. The number of benzene rings is 2. The normalized spacial score (nSPS) is 15.5. The van der Waals surface area contributed by atoms with Gasteiger partial charge in [0, 0.05) is 29.8 Å². The molecule has 0 saturated heterocycles. The van der Waals surface area contributed by atoms with Gasteiger partial charge in [-0.1, -0.05) is 59.7 Å². The smallest absolute Gasteiger partial charge is 0.317 e. The minimum absolute atomic E-state index is 0.0880. The number of ketones is 1. The van der Waals surface area contributed by atoms with E-state index in [9.17, 15) is 4.79 Å². The number of ether oxygens (including phenoxy) is 1. The number of carbonyl (C=O) groups excluding carboxylic acids is 1. The Labute approximate surface area is 184 Å². The Hall–Kier alpha value is -4.33. The first kappa shape index (κ1) is 19.6. The van der Waals surface area contributed by atoms with E-state index in [4.69, 9.17) is 14.1 Å². The van der Waals surface area contributed by atoms with Crippen molar-refractivity contribution in [3.63, 3.8) is 0 Å². The number of nitrogens with one attached hydrogen (secondary N) is 1. The number of aliphatic imine (C=N–C) groups is 1. The molecule has 158 valence electrons. The third-order valence-electron chi connectivity index (χ3n) is 5.12. The van der Waals surface area contributed by atoms with Crippen molar-refractivity contribution in [2.75, 3.05) is 12.4 Å². The van der Waals surface area contributed by atoms with Gasteiger partial charge in [0.25, 0.3) is 5.89 Å². The van der Waals surface area contributed by atoms with Crippen LogP contribution >= 0.6 is 0 Å². The summed E-state index contributed by atoms with van der Waals surface area (Å²) in [7, 11) is 1.57. The van der Waals surface area contributed by atoms with Crippen molar-refractivity contribution in [2.45, 2.75) is 12.6 Å². The quantitative estimate of drug-likeness (QED) is 0.522. The molecule has 0 spiro atoms. The highest BCUT2D eigenvalue weighted by Crippen LogP contribution is 2.24. The minimum Gasteiger partial charge on any atom is -0.497 e. The predicted molar refractivity (Wildman–Crippen MR) is 119 cm³/mol. The maximum atomic E-state index is 13.0. The van der Waals surface area contributed by atoms with Crippen LogP contribution in [0.4, 0.5) is 6.01 Å². The van der Waals surface area contributed by atoms with Gasteiger partial charge < -0.3 is 14.5 Å². The number of methoxy groups -OCH3 is 1. The molecule has 8 heteroatoms. The van der Waals surface area contributed by atoms with Crippen LogP contribution in [0.25, 0.3) is 11.6 Å². The summed E-state index contributed by atoms with van der Waals surface area (Å²) in [6.45, 7) is 0. The highest BCUT2D eigenvalue weighted by Gasteiger charge is 2.27. The van der Waals surface area contributed by atoms with Crippen molar-refractivity contribution in [1.82, 2.24) is 15.2 Å². The molecule has 0 fully saturated rings. The second kappa shape index (κ2) is 8.43. The lowest BCUT2D eigenvalue weighted by atomic mass is 9.96. The fourth-order valence-corrected chi connectivity index (χ4v) is 3.56. The number of fused-ring (bicyclic) bond motifs is 1. The van der Waals surface area contributed by atoms with Crippen molar-refractivity contribution < 1.29 is 13.9 Å². The molecule has 1 N–H and O–H groups in total. The van der Waals surface area contributed by atoms with Gasteiger partial charge in [0.2, 0.25) is 0 Å². The first-order chi connectivity index (χ1) is 15.7. The molecule has 1 aliphatic heterocycles. The van der Waals surface area contributed by atoms with E-state index in [1.54, 1.807) is 25.4 Å². The molecule has 1 atom stereocenters. The Balaban J connectivity index is 1.48. The van der Waals surface area contributed by atoms with Gasteiger partial charge in [0.15, 0.2) is 11.9 Å². The van der Waals surface area contributed by atoms with E-state index in [-0.39, 0.29) is 24.1 Å². The zero-order valence-corrected chi connectivity index (χ0v) is 17.2. The summed E-state index contributed by atoms with van der Waals surface area (Å²) >= 11 is 0. The van der Waals surface area contributed by atoms with Crippen LogP contribution in [-0.2, 0) is 11.2 Å². The third kappa shape index (κ3) is 3.85. The zero-order valence-electron chi connectivity index (χ0n) is 17.2. The number of hydrogen-bond donors (Lipinski definition) is 1. The van der Waals surface area contributed by atoms with E-state index < -0.39 is 6.17 Å². The average Bonchev–Trinajstić information content (AvgIpc) is 3.26. The summed E-state index contributed by atoms with van der Waals surface area (Å²) in [4.78, 5) is 22.0. The Morgan fingerprint density at radius 1 is 1.03 bits per heavy atom. The lowest BCUT2D eigenvalue weighted by Gasteiger charge is -2.11. The van der Waals surface area contributed by atoms with Gasteiger partial charge in [-0.3, -0.25) is 14.8 Å². The Morgan fingerprint density at radius 3 is 2.69 bits per heavy atom. The number of aromatic nitrogens is 3. The predicted octanol–water partition coefficient (Wildman–Crippen LogP) is 3.54. The molecule has 0 bridgehead atoms. The lowest BCUT2D eigenvalue weighted by Crippen LogP contribution is -2.29. The van der Waals surface area contributed by atoms with Crippen molar-refractivity contribution in [2.24, 2.45) is 4.99 Å². The van der Waals surface area contributed by atoms with Crippen LogP contribution < -0.4 is 10.1 Å². The lowest BCUT2D eigenvalue weighted by molar-refractivity contribution is -0.119. The molecule has 0 saturated carbocycles. The van der Waals surface area contributed by atoms with Crippen molar-refractivity contribution in [1.29, 1.82) is 0 Å². The highest BCUT2D eigenvalue weighted by atomic mass is 16.5. The molecule has 3 heterocycles. The van der Waals surface area contributed by atoms with Gasteiger partial charge in [-0.15, -0.1) is 5.10 Å².